The van der Waals surface area contributed by atoms with Gasteiger partial charge in [-0.3, -0.25) is 9.59 Å². The Bertz CT molecular complexity index is 828. The second kappa shape index (κ2) is 6.33. The van der Waals surface area contributed by atoms with Gasteiger partial charge in [-0.2, -0.15) is 0 Å². The number of hydrogen-bond donors (Lipinski definition) is 1. The minimum Gasteiger partial charge on any atom is -0.497 e. The van der Waals surface area contributed by atoms with Crippen LogP contribution in [-0.4, -0.2) is 30.5 Å². The van der Waals surface area contributed by atoms with Crippen LogP contribution in [0.3, 0.4) is 0 Å². The number of Topliss-reactive ketones (excluding diaryl/α,β-unsaturated/α-hetero) is 1. The van der Waals surface area contributed by atoms with E-state index in [2.05, 4.69) is 0 Å². The monoisotopic (exact) mass is 339 g/mol. The van der Waals surface area contributed by atoms with Crippen molar-refractivity contribution in [3.8, 4) is 5.75 Å². The van der Waals surface area contributed by atoms with Crippen molar-refractivity contribution in [1.82, 2.24) is 0 Å². The highest BCUT2D eigenvalue weighted by molar-refractivity contribution is 6.10. The molecule has 0 saturated carbocycles. The SMILES string of the molecule is CCN1C(=O)[C@@](O)(CC(=O)c2ccc(OC)cc2)c2cc(C)ccc21. The standard InChI is InChI=1S/C20H21NO4/c1-4-21-17-10-5-13(2)11-16(17)20(24,19(21)23)12-18(22)14-6-8-15(25-3)9-7-14/h5-11,24H,4,12H2,1-3H3/t20-/m1/s1. The molecule has 0 radical (unpaired) electrons. The first kappa shape index (κ1) is 17.2. The van der Waals surface area contributed by atoms with Crippen LogP contribution in [-0.2, 0) is 10.4 Å². The maximum Gasteiger partial charge on any atom is 0.264 e. The van der Waals surface area contributed by atoms with E-state index in [1.165, 1.54) is 4.90 Å². The van der Waals surface area contributed by atoms with Crippen molar-refractivity contribution in [3.63, 3.8) is 0 Å². The highest BCUT2D eigenvalue weighted by Crippen LogP contribution is 2.43. The Morgan fingerprint density at radius 1 is 1.20 bits per heavy atom. The lowest BCUT2D eigenvalue weighted by molar-refractivity contribution is -0.135. The third-order valence-electron chi connectivity index (χ3n) is 4.63. The second-order valence-electron chi connectivity index (χ2n) is 6.26. The highest BCUT2D eigenvalue weighted by atomic mass is 16.5. The fourth-order valence-electron chi connectivity index (χ4n) is 3.26. The predicted molar refractivity (Wildman–Crippen MR) is 95.0 cm³/mol. The molecule has 1 aliphatic heterocycles. The van der Waals surface area contributed by atoms with Crippen LogP contribution in [0.15, 0.2) is 42.5 Å². The van der Waals surface area contributed by atoms with Gasteiger partial charge in [0.15, 0.2) is 11.4 Å². The molecule has 0 bridgehead atoms. The summed E-state index contributed by atoms with van der Waals surface area (Å²) >= 11 is 0. The molecule has 0 aliphatic carbocycles. The number of anilines is 1. The van der Waals surface area contributed by atoms with Gasteiger partial charge in [-0.25, -0.2) is 0 Å². The van der Waals surface area contributed by atoms with E-state index in [0.717, 1.165) is 5.56 Å². The van der Waals surface area contributed by atoms with Crippen molar-refractivity contribution >= 4 is 17.4 Å². The van der Waals surface area contributed by atoms with E-state index in [4.69, 9.17) is 4.74 Å². The van der Waals surface area contributed by atoms with E-state index in [9.17, 15) is 14.7 Å². The Labute approximate surface area is 146 Å². The van der Waals surface area contributed by atoms with Gasteiger partial charge >= 0.3 is 0 Å². The number of hydrogen-bond acceptors (Lipinski definition) is 4. The van der Waals surface area contributed by atoms with E-state index in [-0.39, 0.29) is 12.2 Å². The first-order valence-electron chi connectivity index (χ1n) is 8.23. The number of likely N-dealkylation sites (N-methyl/N-ethyl adjacent to an activating group) is 1. The van der Waals surface area contributed by atoms with E-state index in [1.807, 2.05) is 26.0 Å². The molecule has 1 atom stereocenters. The average molecular weight is 339 g/mol. The van der Waals surface area contributed by atoms with Gasteiger partial charge in [0.1, 0.15) is 5.75 Å². The van der Waals surface area contributed by atoms with Crippen molar-refractivity contribution < 1.29 is 19.4 Å². The van der Waals surface area contributed by atoms with E-state index < -0.39 is 11.5 Å². The number of fused-ring (bicyclic) bond motifs is 1. The number of aliphatic hydroxyl groups is 1. The molecule has 0 aromatic heterocycles. The molecule has 1 amide bonds. The normalized spacial score (nSPS) is 19.0. The third-order valence-corrected chi connectivity index (χ3v) is 4.63. The number of aryl methyl sites for hydroxylation is 1. The van der Waals surface area contributed by atoms with Crippen molar-refractivity contribution in [2.24, 2.45) is 0 Å². The Morgan fingerprint density at radius 2 is 1.88 bits per heavy atom. The average Bonchev–Trinajstić information content (AvgIpc) is 2.82. The van der Waals surface area contributed by atoms with E-state index in [0.29, 0.717) is 29.1 Å². The van der Waals surface area contributed by atoms with Crippen LogP contribution < -0.4 is 9.64 Å². The minimum atomic E-state index is -1.83. The van der Waals surface area contributed by atoms with Crippen molar-refractivity contribution in [2.45, 2.75) is 25.9 Å². The summed E-state index contributed by atoms with van der Waals surface area (Å²) in [5.74, 6) is -0.0910. The lowest BCUT2D eigenvalue weighted by atomic mass is 9.87. The molecule has 2 aromatic rings. The van der Waals surface area contributed by atoms with Crippen LogP contribution in [0.25, 0.3) is 0 Å². The number of nitrogens with zero attached hydrogens (tertiary/aromatic N) is 1. The van der Waals surface area contributed by atoms with Gasteiger partial charge in [0, 0.05) is 17.7 Å². The summed E-state index contributed by atoms with van der Waals surface area (Å²) in [7, 11) is 1.55. The molecule has 5 heteroatoms. The largest absolute Gasteiger partial charge is 0.497 e. The second-order valence-corrected chi connectivity index (χ2v) is 6.26. The maximum atomic E-state index is 12.8. The van der Waals surface area contributed by atoms with Crippen LogP contribution in [0.1, 0.15) is 34.8 Å². The molecule has 1 aliphatic rings. The maximum absolute atomic E-state index is 12.8. The number of ketones is 1. The zero-order valence-electron chi connectivity index (χ0n) is 14.6. The molecule has 0 spiro atoms. The molecular weight excluding hydrogens is 318 g/mol. The van der Waals surface area contributed by atoms with E-state index >= 15 is 0 Å². The number of amides is 1. The van der Waals surface area contributed by atoms with Gasteiger partial charge in [0.25, 0.3) is 5.91 Å². The fraction of sp³-hybridized carbons (Fsp3) is 0.300. The fourth-order valence-corrected chi connectivity index (χ4v) is 3.26. The summed E-state index contributed by atoms with van der Waals surface area (Å²) < 4.78 is 5.09. The number of benzene rings is 2. The molecule has 1 heterocycles. The number of rotatable bonds is 5. The molecule has 0 unspecified atom stereocenters. The first-order chi connectivity index (χ1) is 11.9. The summed E-state index contributed by atoms with van der Waals surface area (Å²) in [6, 6.07) is 12.1. The van der Waals surface area contributed by atoms with Gasteiger partial charge in [-0.1, -0.05) is 17.7 Å². The summed E-state index contributed by atoms with van der Waals surface area (Å²) in [4.78, 5) is 27.0. The van der Waals surface area contributed by atoms with Gasteiger partial charge in [-0.15, -0.1) is 0 Å². The zero-order chi connectivity index (χ0) is 18.2. The van der Waals surface area contributed by atoms with Crippen molar-refractivity contribution in [1.29, 1.82) is 0 Å². The van der Waals surface area contributed by atoms with Gasteiger partial charge in [-0.05, 0) is 44.2 Å². The predicted octanol–water partition coefficient (Wildman–Crippen LogP) is 2.83. The smallest absolute Gasteiger partial charge is 0.264 e. The molecule has 130 valence electrons. The molecule has 0 fully saturated rings. The van der Waals surface area contributed by atoms with Crippen LogP contribution in [0, 0.1) is 6.92 Å². The number of carbonyl (C=O) groups excluding carboxylic acids is 2. The van der Waals surface area contributed by atoms with Gasteiger partial charge < -0.3 is 14.7 Å². The lowest BCUT2D eigenvalue weighted by Crippen LogP contribution is -2.41. The van der Waals surface area contributed by atoms with Crippen molar-refractivity contribution in [2.75, 3.05) is 18.6 Å². The Morgan fingerprint density at radius 3 is 2.48 bits per heavy atom. The molecule has 25 heavy (non-hydrogen) atoms. The Kier molecular flexibility index (Phi) is 4.35. The van der Waals surface area contributed by atoms with Crippen LogP contribution in [0.2, 0.25) is 0 Å². The third kappa shape index (κ3) is 2.81. The zero-order valence-corrected chi connectivity index (χ0v) is 14.6. The minimum absolute atomic E-state index is 0.287. The van der Waals surface area contributed by atoms with Crippen LogP contribution >= 0.6 is 0 Å². The molecular formula is C20H21NO4. The Balaban J connectivity index is 1.96. The lowest BCUT2D eigenvalue weighted by Gasteiger charge is -2.22. The first-order valence-corrected chi connectivity index (χ1v) is 8.23. The topological polar surface area (TPSA) is 66.8 Å². The van der Waals surface area contributed by atoms with Crippen LogP contribution in [0.5, 0.6) is 5.75 Å². The molecule has 2 aromatic carbocycles. The summed E-state index contributed by atoms with van der Waals surface area (Å²) in [5.41, 5.74) is 0.712. The summed E-state index contributed by atoms with van der Waals surface area (Å²) in [5, 5.41) is 11.1. The molecule has 1 N–H and O–H groups in total. The number of ether oxygens (including phenoxy) is 1. The molecule has 5 nitrogen and oxygen atoms in total. The molecule has 3 rings (SSSR count). The summed E-state index contributed by atoms with van der Waals surface area (Å²) in [6.07, 6.45) is -0.287. The van der Waals surface area contributed by atoms with Crippen molar-refractivity contribution in [3.05, 3.63) is 59.2 Å². The van der Waals surface area contributed by atoms with Gasteiger partial charge in [0.05, 0.1) is 19.2 Å². The number of carbonyl (C=O) groups is 2. The van der Waals surface area contributed by atoms with Crippen LogP contribution in [0.4, 0.5) is 5.69 Å². The number of methoxy groups -OCH3 is 1. The Hall–Kier alpha value is -2.66. The molecule has 0 saturated heterocycles. The van der Waals surface area contributed by atoms with E-state index in [1.54, 1.807) is 37.4 Å². The highest BCUT2D eigenvalue weighted by Gasteiger charge is 2.50. The quantitative estimate of drug-likeness (QED) is 0.851. The summed E-state index contributed by atoms with van der Waals surface area (Å²) in [6.45, 7) is 4.18. The van der Waals surface area contributed by atoms with Gasteiger partial charge in [0.2, 0.25) is 0 Å².